The molecule has 0 aliphatic carbocycles. The number of aryl methyl sites for hydroxylation is 1. The fourth-order valence-electron chi connectivity index (χ4n) is 2.98. The van der Waals surface area contributed by atoms with Crippen LogP contribution in [0.4, 0.5) is 5.69 Å². The van der Waals surface area contributed by atoms with E-state index in [1.165, 1.54) is 28.8 Å². The zero-order valence-corrected chi connectivity index (χ0v) is 11.7. The molecule has 2 nitrogen and oxygen atoms in total. The number of benzene rings is 1. The van der Waals surface area contributed by atoms with E-state index in [1.807, 2.05) is 0 Å². The lowest BCUT2D eigenvalue weighted by molar-refractivity contribution is 0.395. The van der Waals surface area contributed by atoms with E-state index >= 15 is 0 Å². The van der Waals surface area contributed by atoms with Gasteiger partial charge < -0.3 is 10.6 Å². The van der Waals surface area contributed by atoms with Crippen LogP contribution in [0.25, 0.3) is 0 Å². The van der Waals surface area contributed by atoms with Gasteiger partial charge in [0.2, 0.25) is 0 Å². The van der Waals surface area contributed by atoms with E-state index in [4.69, 9.17) is 5.73 Å². The minimum Gasteiger partial charge on any atom is -0.369 e. The maximum Gasteiger partial charge on any atom is 0.0406 e. The highest BCUT2D eigenvalue weighted by Gasteiger charge is 2.34. The molecule has 0 fully saturated rings. The molecule has 2 heteroatoms. The molecule has 1 aromatic carbocycles. The Morgan fingerprint density at radius 3 is 2.65 bits per heavy atom. The first-order chi connectivity index (χ1) is 7.86. The van der Waals surface area contributed by atoms with Gasteiger partial charge in [0.05, 0.1) is 0 Å². The van der Waals surface area contributed by atoms with E-state index in [9.17, 15) is 0 Å². The van der Waals surface area contributed by atoms with E-state index < -0.39 is 0 Å². The van der Waals surface area contributed by atoms with Crippen LogP contribution in [0.3, 0.4) is 0 Å². The Kier molecular flexibility index (Phi) is 2.94. The lowest BCUT2D eigenvalue weighted by atomic mass is 9.79. The highest BCUT2D eigenvalue weighted by Crippen LogP contribution is 2.43. The summed E-state index contributed by atoms with van der Waals surface area (Å²) >= 11 is 0. The molecule has 17 heavy (non-hydrogen) atoms. The summed E-state index contributed by atoms with van der Waals surface area (Å²) in [7, 11) is 2.20. The SMILES string of the molecule is Cc1cc2c(cc1CN)C(C)CC(C)(C)N2C. The molecule has 1 aliphatic heterocycles. The largest absolute Gasteiger partial charge is 0.369 e. The van der Waals surface area contributed by atoms with Crippen molar-refractivity contribution in [2.45, 2.75) is 52.1 Å². The van der Waals surface area contributed by atoms with Crippen LogP contribution in [0.5, 0.6) is 0 Å². The summed E-state index contributed by atoms with van der Waals surface area (Å²) in [5.41, 5.74) is 11.5. The molecule has 1 aliphatic rings. The second kappa shape index (κ2) is 4.02. The normalized spacial score (nSPS) is 22.5. The topological polar surface area (TPSA) is 29.3 Å². The smallest absolute Gasteiger partial charge is 0.0406 e. The summed E-state index contributed by atoms with van der Waals surface area (Å²) in [5.74, 6) is 0.613. The third-order valence-corrected chi connectivity index (χ3v) is 4.31. The maximum absolute atomic E-state index is 5.80. The predicted molar refractivity (Wildman–Crippen MR) is 74.6 cm³/mol. The van der Waals surface area contributed by atoms with Crippen LogP contribution < -0.4 is 10.6 Å². The summed E-state index contributed by atoms with van der Waals surface area (Å²) in [6, 6.07) is 4.61. The van der Waals surface area contributed by atoms with Crippen molar-refractivity contribution in [3.63, 3.8) is 0 Å². The Morgan fingerprint density at radius 2 is 2.06 bits per heavy atom. The summed E-state index contributed by atoms with van der Waals surface area (Å²) in [4.78, 5) is 2.41. The molecule has 1 heterocycles. The molecule has 1 atom stereocenters. The van der Waals surface area contributed by atoms with E-state index in [0.29, 0.717) is 12.5 Å². The van der Waals surface area contributed by atoms with E-state index in [1.54, 1.807) is 0 Å². The molecular formula is C15H24N2. The van der Waals surface area contributed by atoms with Crippen molar-refractivity contribution in [2.24, 2.45) is 5.73 Å². The van der Waals surface area contributed by atoms with Gasteiger partial charge in [-0.15, -0.1) is 0 Å². The molecule has 1 aromatic rings. The lowest BCUT2D eigenvalue weighted by Gasteiger charge is -2.45. The zero-order chi connectivity index (χ0) is 12.8. The van der Waals surface area contributed by atoms with Gasteiger partial charge in [-0.05, 0) is 55.9 Å². The highest BCUT2D eigenvalue weighted by atomic mass is 15.2. The third-order valence-electron chi connectivity index (χ3n) is 4.31. The van der Waals surface area contributed by atoms with Crippen molar-refractivity contribution in [2.75, 3.05) is 11.9 Å². The van der Waals surface area contributed by atoms with Crippen molar-refractivity contribution in [3.8, 4) is 0 Å². The van der Waals surface area contributed by atoms with Crippen LogP contribution >= 0.6 is 0 Å². The lowest BCUT2D eigenvalue weighted by Crippen LogP contribution is -2.45. The average Bonchev–Trinajstić information content (AvgIpc) is 2.25. The Hall–Kier alpha value is -1.02. The predicted octanol–water partition coefficient (Wildman–Crippen LogP) is 3.18. The second-order valence-corrected chi connectivity index (χ2v) is 6.02. The first-order valence-electron chi connectivity index (χ1n) is 6.44. The first-order valence-corrected chi connectivity index (χ1v) is 6.44. The van der Waals surface area contributed by atoms with Gasteiger partial charge in [0.1, 0.15) is 0 Å². The number of hydrogen-bond acceptors (Lipinski definition) is 2. The van der Waals surface area contributed by atoms with Gasteiger partial charge in [0.15, 0.2) is 0 Å². The fourth-order valence-corrected chi connectivity index (χ4v) is 2.98. The summed E-state index contributed by atoms with van der Waals surface area (Å²) in [6.45, 7) is 9.75. The number of hydrogen-bond donors (Lipinski definition) is 1. The van der Waals surface area contributed by atoms with Crippen LogP contribution in [0.2, 0.25) is 0 Å². The van der Waals surface area contributed by atoms with Crippen LogP contribution in [-0.4, -0.2) is 12.6 Å². The molecule has 1 unspecified atom stereocenters. The van der Waals surface area contributed by atoms with Crippen molar-refractivity contribution < 1.29 is 0 Å². The van der Waals surface area contributed by atoms with Crippen LogP contribution in [-0.2, 0) is 6.54 Å². The second-order valence-electron chi connectivity index (χ2n) is 6.02. The zero-order valence-electron chi connectivity index (χ0n) is 11.7. The van der Waals surface area contributed by atoms with Gasteiger partial charge >= 0.3 is 0 Å². The number of fused-ring (bicyclic) bond motifs is 1. The summed E-state index contributed by atoms with van der Waals surface area (Å²) in [6.07, 6.45) is 1.20. The van der Waals surface area contributed by atoms with Gasteiger partial charge in [-0.25, -0.2) is 0 Å². The van der Waals surface area contributed by atoms with E-state index in [2.05, 4.69) is 51.8 Å². The van der Waals surface area contributed by atoms with E-state index in [0.717, 1.165) is 0 Å². The Balaban J connectivity index is 2.57. The molecule has 0 amide bonds. The fraction of sp³-hybridized carbons (Fsp3) is 0.600. The molecule has 2 rings (SSSR count). The average molecular weight is 232 g/mol. The van der Waals surface area contributed by atoms with Gasteiger partial charge in [0, 0.05) is 24.8 Å². The van der Waals surface area contributed by atoms with Crippen LogP contribution in [0.15, 0.2) is 12.1 Å². The van der Waals surface area contributed by atoms with Gasteiger partial charge in [-0.1, -0.05) is 13.0 Å². The van der Waals surface area contributed by atoms with Crippen LogP contribution in [0, 0.1) is 6.92 Å². The minimum absolute atomic E-state index is 0.239. The standard InChI is InChI=1S/C15H24N2/c1-10-6-14-13(7-12(10)9-16)11(2)8-15(3,4)17(14)5/h6-7,11H,8-9,16H2,1-5H3. The van der Waals surface area contributed by atoms with E-state index in [-0.39, 0.29) is 5.54 Å². The Morgan fingerprint density at radius 1 is 1.41 bits per heavy atom. The van der Waals surface area contributed by atoms with Crippen molar-refractivity contribution in [1.82, 2.24) is 0 Å². The van der Waals surface area contributed by atoms with Gasteiger partial charge in [0.25, 0.3) is 0 Å². The maximum atomic E-state index is 5.80. The Labute approximate surface area is 105 Å². The Bertz CT molecular complexity index is 435. The van der Waals surface area contributed by atoms with Crippen molar-refractivity contribution >= 4 is 5.69 Å². The van der Waals surface area contributed by atoms with Crippen molar-refractivity contribution in [3.05, 3.63) is 28.8 Å². The molecule has 0 aromatic heterocycles. The summed E-state index contributed by atoms with van der Waals surface area (Å²) < 4.78 is 0. The van der Waals surface area contributed by atoms with Crippen LogP contribution in [0.1, 0.15) is 49.8 Å². The number of rotatable bonds is 1. The number of anilines is 1. The number of nitrogens with two attached hydrogens (primary N) is 1. The first kappa shape index (κ1) is 12.4. The quantitative estimate of drug-likeness (QED) is 0.806. The highest BCUT2D eigenvalue weighted by molar-refractivity contribution is 5.62. The van der Waals surface area contributed by atoms with Crippen molar-refractivity contribution in [1.29, 1.82) is 0 Å². The third kappa shape index (κ3) is 1.95. The molecule has 94 valence electrons. The number of nitrogens with zero attached hydrogens (tertiary/aromatic N) is 1. The molecule has 2 N–H and O–H groups in total. The molecule has 0 saturated carbocycles. The monoisotopic (exact) mass is 232 g/mol. The minimum atomic E-state index is 0.239. The summed E-state index contributed by atoms with van der Waals surface area (Å²) in [5, 5.41) is 0. The van der Waals surface area contributed by atoms with Gasteiger partial charge in [-0.2, -0.15) is 0 Å². The molecule has 0 bridgehead atoms. The molecule has 0 saturated heterocycles. The molecule has 0 spiro atoms. The molecule has 0 radical (unpaired) electrons. The molecular weight excluding hydrogens is 208 g/mol. The van der Waals surface area contributed by atoms with Gasteiger partial charge in [-0.3, -0.25) is 0 Å².